The molecular weight excluding hydrogens is 264 g/mol. The number of carbonyl (C=O) groups is 1. The molecule has 0 aromatic heterocycles. The molecule has 4 nitrogen and oxygen atoms in total. The van der Waals surface area contributed by atoms with Crippen molar-refractivity contribution in [3.63, 3.8) is 0 Å². The average Bonchev–Trinajstić information content (AvgIpc) is 2.97. The van der Waals surface area contributed by atoms with Gasteiger partial charge in [0, 0.05) is 24.7 Å². The Bertz CT molecular complexity index is 497. The van der Waals surface area contributed by atoms with E-state index in [-0.39, 0.29) is 11.8 Å². The van der Waals surface area contributed by atoms with E-state index in [1.807, 2.05) is 29.2 Å². The van der Waals surface area contributed by atoms with Crippen molar-refractivity contribution in [2.75, 3.05) is 19.7 Å². The highest BCUT2D eigenvalue weighted by molar-refractivity contribution is 5.86. The van der Waals surface area contributed by atoms with Crippen molar-refractivity contribution in [1.29, 1.82) is 0 Å². The molecule has 1 amide bonds. The number of ether oxygens (including phenoxy) is 1. The maximum absolute atomic E-state index is 13.0. The lowest BCUT2D eigenvalue weighted by Gasteiger charge is -2.35. The van der Waals surface area contributed by atoms with Gasteiger partial charge < -0.3 is 15.4 Å². The number of nitrogens with zero attached hydrogens (tertiary/aromatic N) is 1. The number of nitrogens with two attached hydrogens (primary N) is 1. The number of para-hydroxylation sites is 1. The zero-order valence-corrected chi connectivity index (χ0v) is 12.5. The lowest BCUT2D eigenvalue weighted by atomic mass is 9.92. The van der Waals surface area contributed by atoms with E-state index < -0.39 is 0 Å². The number of rotatable bonds is 4. The maximum Gasteiger partial charge on any atom is 0.234 e. The second-order valence-electron chi connectivity index (χ2n) is 6.01. The third-order valence-corrected chi connectivity index (χ3v) is 4.67. The van der Waals surface area contributed by atoms with Crippen LogP contribution in [0.25, 0.3) is 0 Å². The van der Waals surface area contributed by atoms with Crippen molar-refractivity contribution in [2.45, 2.75) is 44.1 Å². The smallest absolute Gasteiger partial charge is 0.234 e. The molecule has 1 fully saturated rings. The topological polar surface area (TPSA) is 55.6 Å². The van der Waals surface area contributed by atoms with E-state index in [1.165, 1.54) is 19.3 Å². The molecule has 0 saturated heterocycles. The molecule has 0 spiro atoms. The molecule has 114 valence electrons. The van der Waals surface area contributed by atoms with Gasteiger partial charge in [-0.3, -0.25) is 4.79 Å². The second-order valence-corrected chi connectivity index (χ2v) is 6.01. The van der Waals surface area contributed by atoms with Gasteiger partial charge in [-0.15, -0.1) is 0 Å². The SMILES string of the molecule is NCCN(C(=O)C1COc2ccccc21)C1CCCCC1. The lowest BCUT2D eigenvalue weighted by Crippen LogP contribution is -2.46. The van der Waals surface area contributed by atoms with Gasteiger partial charge in [-0.05, 0) is 18.9 Å². The Kier molecular flexibility index (Phi) is 4.44. The lowest BCUT2D eigenvalue weighted by molar-refractivity contribution is -0.136. The molecule has 1 unspecified atom stereocenters. The van der Waals surface area contributed by atoms with Gasteiger partial charge in [0.15, 0.2) is 0 Å². The van der Waals surface area contributed by atoms with Gasteiger partial charge in [-0.2, -0.15) is 0 Å². The van der Waals surface area contributed by atoms with E-state index in [2.05, 4.69) is 0 Å². The van der Waals surface area contributed by atoms with Crippen LogP contribution in [-0.4, -0.2) is 36.5 Å². The van der Waals surface area contributed by atoms with Gasteiger partial charge in [0.05, 0.1) is 0 Å². The fourth-order valence-electron chi connectivity index (χ4n) is 3.57. The van der Waals surface area contributed by atoms with E-state index >= 15 is 0 Å². The highest BCUT2D eigenvalue weighted by atomic mass is 16.5. The van der Waals surface area contributed by atoms with Crippen LogP contribution in [0.1, 0.15) is 43.6 Å². The first-order chi connectivity index (χ1) is 10.3. The van der Waals surface area contributed by atoms with Crippen LogP contribution in [0.4, 0.5) is 0 Å². The van der Waals surface area contributed by atoms with Gasteiger partial charge in [-0.25, -0.2) is 0 Å². The van der Waals surface area contributed by atoms with Crippen molar-refractivity contribution >= 4 is 5.91 Å². The summed E-state index contributed by atoms with van der Waals surface area (Å²) in [4.78, 5) is 15.0. The summed E-state index contributed by atoms with van der Waals surface area (Å²) in [6.45, 7) is 1.64. The zero-order valence-electron chi connectivity index (χ0n) is 12.5. The van der Waals surface area contributed by atoms with Gasteiger partial charge in [-0.1, -0.05) is 37.5 Å². The summed E-state index contributed by atoms with van der Waals surface area (Å²) in [7, 11) is 0. The summed E-state index contributed by atoms with van der Waals surface area (Å²) >= 11 is 0. The number of hydrogen-bond donors (Lipinski definition) is 1. The van der Waals surface area contributed by atoms with Crippen LogP contribution in [0.3, 0.4) is 0 Å². The van der Waals surface area contributed by atoms with E-state index in [0.717, 1.165) is 24.2 Å². The largest absolute Gasteiger partial charge is 0.492 e. The molecule has 3 rings (SSSR count). The third-order valence-electron chi connectivity index (χ3n) is 4.67. The molecule has 1 saturated carbocycles. The van der Waals surface area contributed by atoms with Crippen LogP contribution in [0.5, 0.6) is 5.75 Å². The van der Waals surface area contributed by atoms with E-state index in [1.54, 1.807) is 0 Å². The van der Waals surface area contributed by atoms with Crippen LogP contribution >= 0.6 is 0 Å². The molecule has 21 heavy (non-hydrogen) atoms. The highest BCUT2D eigenvalue weighted by Crippen LogP contribution is 2.35. The van der Waals surface area contributed by atoms with Crippen LogP contribution < -0.4 is 10.5 Å². The van der Waals surface area contributed by atoms with Crippen molar-refractivity contribution in [2.24, 2.45) is 5.73 Å². The minimum Gasteiger partial charge on any atom is -0.492 e. The molecule has 1 aliphatic heterocycles. The van der Waals surface area contributed by atoms with Crippen LogP contribution in [-0.2, 0) is 4.79 Å². The van der Waals surface area contributed by atoms with E-state index in [9.17, 15) is 4.79 Å². The number of benzene rings is 1. The monoisotopic (exact) mass is 288 g/mol. The van der Waals surface area contributed by atoms with Crippen LogP contribution in [0.2, 0.25) is 0 Å². The summed E-state index contributed by atoms with van der Waals surface area (Å²) in [6, 6.07) is 8.23. The van der Waals surface area contributed by atoms with Crippen molar-refractivity contribution in [1.82, 2.24) is 4.90 Å². The number of carbonyl (C=O) groups excluding carboxylic acids is 1. The normalized spacial score (nSPS) is 21.7. The Morgan fingerprint density at radius 1 is 1.24 bits per heavy atom. The first-order valence-corrected chi connectivity index (χ1v) is 8.03. The van der Waals surface area contributed by atoms with Gasteiger partial charge in [0.1, 0.15) is 18.3 Å². The van der Waals surface area contributed by atoms with Gasteiger partial charge in [0.25, 0.3) is 0 Å². The third kappa shape index (κ3) is 2.91. The predicted molar refractivity (Wildman–Crippen MR) is 82.3 cm³/mol. The minimum absolute atomic E-state index is 0.158. The first kappa shape index (κ1) is 14.4. The number of hydrogen-bond acceptors (Lipinski definition) is 3. The Morgan fingerprint density at radius 3 is 2.76 bits per heavy atom. The molecule has 1 atom stereocenters. The zero-order chi connectivity index (χ0) is 14.7. The van der Waals surface area contributed by atoms with Crippen molar-refractivity contribution in [3.05, 3.63) is 29.8 Å². The second kappa shape index (κ2) is 6.48. The summed E-state index contributed by atoms with van der Waals surface area (Å²) in [5.41, 5.74) is 6.77. The predicted octanol–water partition coefficient (Wildman–Crippen LogP) is 2.28. The standard InChI is InChI=1S/C17H24N2O2/c18-10-11-19(13-6-2-1-3-7-13)17(20)15-12-21-16-9-5-4-8-14(15)16/h4-5,8-9,13,15H,1-3,6-7,10-12,18H2. The quantitative estimate of drug-likeness (QED) is 0.925. The molecule has 1 aliphatic carbocycles. The molecular formula is C17H24N2O2. The molecule has 1 aromatic rings. The average molecular weight is 288 g/mol. The van der Waals surface area contributed by atoms with Crippen molar-refractivity contribution < 1.29 is 9.53 Å². The Labute approximate surface area is 126 Å². The van der Waals surface area contributed by atoms with Crippen LogP contribution in [0.15, 0.2) is 24.3 Å². The summed E-state index contributed by atoms with van der Waals surface area (Å²) in [5, 5.41) is 0. The van der Waals surface area contributed by atoms with Crippen molar-refractivity contribution in [3.8, 4) is 5.75 Å². The van der Waals surface area contributed by atoms with E-state index in [0.29, 0.717) is 25.7 Å². The molecule has 1 heterocycles. The highest BCUT2D eigenvalue weighted by Gasteiger charge is 2.35. The summed E-state index contributed by atoms with van der Waals surface area (Å²) in [5.74, 6) is 0.888. The molecule has 0 radical (unpaired) electrons. The van der Waals surface area contributed by atoms with E-state index in [4.69, 9.17) is 10.5 Å². The molecule has 1 aromatic carbocycles. The van der Waals surface area contributed by atoms with Gasteiger partial charge >= 0.3 is 0 Å². The van der Waals surface area contributed by atoms with Crippen LogP contribution in [0, 0.1) is 0 Å². The van der Waals surface area contributed by atoms with Gasteiger partial charge in [0.2, 0.25) is 5.91 Å². The Balaban J connectivity index is 1.78. The summed E-state index contributed by atoms with van der Waals surface area (Å²) in [6.07, 6.45) is 5.95. The molecule has 0 bridgehead atoms. The fraction of sp³-hybridized carbons (Fsp3) is 0.588. The number of fused-ring (bicyclic) bond motifs is 1. The summed E-state index contributed by atoms with van der Waals surface area (Å²) < 4.78 is 5.67. The minimum atomic E-state index is -0.158. The Hall–Kier alpha value is -1.55. The molecule has 2 N–H and O–H groups in total. The Morgan fingerprint density at radius 2 is 2.00 bits per heavy atom. The molecule has 2 aliphatic rings. The molecule has 4 heteroatoms. The maximum atomic E-state index is 13.0. The first-order valence-electron chi connectivity index (χ1n) is 8.03. The fourth-order valence-corrected chi connectivity index (χ4v) is 3.57. The number of amides is 1.